The van der Waals surface area contributed by atoms with Gasteiger partial charge in [0.25, 0.3) is 0 Å². The van der Waals surface area contributed by atoms with Gasteiger partial charge in [-0.05, 0) is 24.3 Å². The van der Waals surface area contributed by atoms with E-state index in [-0.39, 0.29) is 17.2 Å². The van der Waals surface area contributed by atoms with Gasteiger partial charge in [-0.1, -0.05) is 6.07 Å². The van der Waals surface area contributed by atoms with E-state index in [1.54, 1.807) is 24.3 Å². The number of hydrogen-bond donors (Lipinski definition) is 0. The summed E-state index contributed by atoms with van der Waals surface area (Å²) in [6.45, 7) is 1.41. The second-order valence-corrected chi connectivity index (χ2v) is 3.87. The zero-order valence-electron chi connectivity index (χ0n) is 11.2. The summed E-state index contributed by atoms with van der Waals surface area (Å²) >= 11 is 0. The van der Waals surface area contributed by atoms with Crippen LogP contribution in [0, 0.1) is 0 Å². The lowest BCUT2D eigenvalue weighted by molar-refractivity contribution is 0.101. The maximum Gasteiger partial charge on any atom is 0.178 e. The molecule has 0 unspecified atom stereocenters. The van der Waals surface area contributed by atoms with Crippen LogP contribution in [0.4, 0.5) is 0 Å². The molecule has 0 radical (unpaired) electrons. The molecule has 0 spiro atoms. The number of carbonyl (C=O) groups is 4. The van der Waals surface area contributed by atoms with Crippen LogP contribution in [0.2, 0.25) is 0 Å². The molecule has 0 aromatic carbocycles. The fourth-order valence-corrected chi connectivity index (χ4v) is 1.32. The zero-order valence-corrected chi connectivity index (χ0v) is 11.2. The molecular formula is C15H12N2O4. The Hall–Kier alpha value is -3.02. The number of Topliss-reactive ketones (excluding diaryl/α,β-unsaturated/α-hetero) is 1. The van der Waals surface area contributed by atoms with Crippen molar-refractivity contribution in [3.8, 4) is 0 Å². The number of aldehydes is 3. The highest BCUT2D eigenvalue weighted by molar-refractivity contribution is 5.92. The van der Waals surface area contributed by atoms with Crippen molar-refractivity contribution in [2.24, 2.45) is 0 Å². The Balaban J connectivity index is 0.000000211. The van der Waals surface area contributed by atoms with Crippen molar-refractivity contribution >= 4 is 24.6 Å². The molecule has 0 bridgehead atoms. The molecule has 0 atom stereocenters. The molecule has 6 heteroatoms. The van der Waals surface area contributed by atoms with Crippen molar-refractivity contribution in [3.63, 3.8) is 0 Å². The fourth-order valence-electron chi connectivity index (χ4n) is 1.32. The average molecular weight is 284 g/mol. The summed E-state index contributed by atoms with van der Waals surface area (Å²) in [6.07, 6.45) is 3.32. The molecule has 0 aliphatic heterocycles. The summed E-state index contributed by atoms with van der Waals surface area (Å²) in [7, 11) is 0. The third-order valence-electron chi connectivity index (χ3n) is 2.31. The molecule has 106 valence electrons. The highest BCUT2D eigenvalue weighted by atomic mass is 16.1. The Morgan fingerprint density at radius 3 is 2.29 bits per heavy atom. The number of carbonyl (C=O) groups excluding carboxylic acids is 4. The predicted molar refractivity (Wildman–Crippen MR) is 74.6 cm³/mol. The Bertz CT molecular complexity index is 645. The number of nitrogens with zero attached hydrogens (tertiary/aromatic N) is 2. The largest absolute Gasteiger partial charge is 0.298 e. The van der Waals surface area contributed by atoms with Crippen molar-refractivity contribution in [1.82, 2.24) is 9.97 Å². The fraction of sp³-hybridized carbons (Fsp3) is 0.0667. The zero-order chi connectivity index (χ0) is 15.7. The standard InChI is InChI=1S/C8H7NO2.C7H5NO2/c1-6(11)8-4-2-3-7(5-10)9-8;9-4-6-1-2-8-7(3-6)5-10/h2-5H,1H3;1-5H. The van der Waals surface area contributed by atoms with E-state index in [0.717, 1.165) is 0 Å². The summed E-state index contributed by atoms with van der Waals surface area (Å²) in [5.41, 5.74) is 1.37. The second-order valence-electron chi connectivity index (χ2n) is 3.87. The van der Waals surface area contributed by atoms with E-state index in [2.05, 4.69) is 9.97 Å². The number of rotatable bonds is 4. The monoisotopic (exact) mass is 284 g/mol. The van der Waals surface area contributed by atoms with Crippen LogP contribution in [0.5, 0.6) is 0 Å². The lowest BCUT2D eigenvalue weighted by atomic mass is 10.2. The second kappa shape index (κ2) is 8.21. The molecule has 0 aliphatic carbocycles. The minimum absolute atomic E-state index is 0.131. The van der Waals surface area contributed by atoms with E-state index in [9.17, 15) is 19.2 Å². The number of ketones is 1. The molecule has 21 heavy (non-hydrogen) atoms. The molecule has 0 aliphatic rings. The predicted octanol–water partition coefficient (Wildman–Crippen LogP) is 1.80. The van der Waals surface area contributed by atoms with Gasteiger partial charge in [-0.3, -0.25) is 24.2 Å². The molecular weight excluding hydrogens is 272 g/mol. The average Bonchev–Trinajstić information content (AvgIpc) is 2.55. The maximum atomic E-state index is 10.7. The van der Waals surface area contributed by atoms with Crippen LogP contribution in [0.25, 0.3) is 0 Å². The van der Waals surface area contributed by atoms with E-state index in [4.69, 9.17) is 0 Å². The van der Waals surface area contributed by atoms with Crippen LogP contribution in [-0.2, 0) is 0 Å². The Morgan fingerprint density at radius 1 is 1.00 bits per heavy atom. The van der Waals surface area contributed by atoms with Gasteiger partial charge in [-0.2, -0.15) is 0 Å². The maximum absolute atomic E-state index is 10.7. The topological polar surface area (TPSA) is 94.1 Å². The summed E-state index contributed by atoms with van der Waals surface area (Å²) in [5, 5.41) is 0. The van der Waals surface area contributed by atoms with Gasteiger partial charge in [0.05, 0.1) is 0 Å². The van der Waals surface area contributed by atoms with Gasteiger partial charge in [0.1, 0.15) is 23.4 Å². The van der Waals surface area contributed by atoms with Crippen molar-refractivity contribution in [2.45, 2.75) is 6.92 Å². The van der Waals surface area contributed by atoms with Crippen LogP contribution in [0.3, 0.4) is 0 Å². The Labute approximate surface area is 120 Å². The van der Waals surface area contributed by atoms with E-state index >= 15 is 0 Å². The van der Waals surface area contributed by atoms with E-state index in [1.165, 1.54) is 19.2 Å². The normalized spacial score (nSPS) is 9.00. The molecule has 2 aromatic rings. The minimum atomic E-state index is -0.131. The van der Waals surface area contributed by atoms with Crippen LogP contribution in [0.15, 0.2) is 36.5 Å². The Morgan fingerprint density at radius 2 is 1.71 bits per heavy atom. The SMILES string of the molecule is CC(=O)c1cccc(C=O)n1.O=Cc1ccnc(C=O)c1. The Kier molecular flexibility index (Phi) is 6.27. The molecule has 0 N–H and O–H groups in total. The summed E-state index contributed by atoms with van der Waals surface area (Å²) in [6, 6.07) is 7.74. The van der Waals surface area contributed by atoms with E-state index < -0.39 is 0 Å². The van der Waals surface area contributed by atoms with Crippen molar-refractivity contribution < 1.29 is 19.2 Å². The smallest absolute Gasteiger partial charge is 0.178 e. The molecule has 0 saturated carbocycles. The summed E-state index contributed by atoms with van der Waals surface area (Å²) in [5.74, 6) is -0.131. The molecule has 0 saturated heterocycles. The van der Waals surface area contributed by atoms with Gasteiger partial charge < -0.3 is 0 Å². The highest BCUT2D eigenvalue weighted by Crippen LogP contribution is 1.97. The minimum Gasteiger partial charge on any atom is -0.298 e. The first-order chi connectivity index (χ1) is 10.1. The number of aromatic nitrogens is 2. The number of pyridine rings is 2. The van der Waals surface area contributed by atoms with Crippen molar-refractivity contribution in [3.05, 3.63) is 59.2 Å². The van der Waals surface area contributed by atoms with Crippen LogP contribution >= 0.6 is 0 Å². The molecule has 2 rings (SSSR count). The molecule has 2 heterocycles. The number of hydrogen-bond acceptors (Lipinski definition) is 6. The van der Waals surface area contributed by atoms with Gasteiger partial charge in [0.15, 0.2) is 18.4 Å². The van der Waals surface area contributed by atoms with Crippen LogP contribution in [-0.4, -0.2) is 34.6 Å². The first kappa shape index (κ1) is 16.0. The molecule has 6 nitrogen and oxygen atoms in total. The summed E-state index contributed by atoms with van der Waals surface area (Å²) < 4.78 is 0. The lowest BCUT2D eigenvalue weighted by Gasteiger charge is -1.93. The van der Waals surface area contributed by atoms with Crippen LogP contribution < -0.4 is 0 Å². The van der Waals surface area contributed by atoms with Crippen LogP contribution in [0.1, 0.15) is 48.7 Å². The quantitative estimate of drug-likeness (QED) is 0.627. The molecule has 0 amide bonds. The van der Waals surface area contributed by atoms with Crippen molar-refractivity contribution in [1.29, 1.82) is 0 Å². The van der Waals surface area contributed by atoms with Gasteiger partial charge in [0, 0.05) is 18.7 Å². The van der Waals surface area contributed by atoms with E-state index in [0.29, 0.717) is 30.1 Å². The first-order valence-electron chi connectivity index (χ1n) is 5.90. The highest BCUT2D eigenvalue weighted by Gasteiger charge is 2.00. The van der Waals surface area contributed by atoms with Gasteiger partial charge in [-0.25, -0.2) is 4.98 Å². The van der Waals surface area contributed by atoms with E-state index in [1.807, 2.05) is 0 Å². The third-order valence-corrected chi connectivity index (χ3v) is 2.31. The van der Waals surface area contributed by atoms with Crippen molar-refractivity contribution in [2.75, 3.05) is 0 Å². The third kappa shape index (κ3) is 5.23. The summed E-state index contributed by atoms with van der Waals surface area (Å²) in [4.78, 5) is 48.6. The van der Waals surface area contributed by atoms with Gasteiger partial charge in [-0.15, -0.1) is 0 Å². The lowest BCUT2D eigenvalue weighted by Crippen LogP contribution is -1.98. The van der Waals surface area contributed by atoms with Gasteiger partial charge in [0.2, 0.25) is 0 Å². The van der Waals surface area contributed by atoms with Gasteiger partial charge >= 0.3 is 0 Å². The first-order valence-corrected chi connectivity index (χ1v) is 5.90. The molecule has 2 aromatic heterocycles. The molecule has 0 fully saturated rings.